The number of rotatable bonds is 2. The monoisotopic (exact) mass is 311 g/mol. The SMILES string of the molecule is Cc1cccc(-c2c(-c3ccc(Cl)cc3)c(C)n[nH]c2=O)n1. The zero-order valence-electron chi connectivity index (χ0n) is 12.2. The Morgan fingerprint density at radius 1 is 1.00 bits per heavy atom. The molecule has 0 spiro atoms. The molecule has 1 aromatic carbocycles. The summed E-state index contributed by atoms with van der Waals surface area (Å²) >= 11 is 5.95. The first-order valence-electron chi connectivity index (χ1n) is 6.85. The van der Waals surface area contributed by atoms with E-state index in [4.69, 9.17) is 11.6 Å². The van der Waals surface area contributed by atoms with E-state index in [-0.39, 0.29) is 5.56 Å². The second kappa shape index (κ2) is 5.73. The molecule has 1 N–H and O–H groups in total. The second-order valence-electron chi connectivity index (χ2n) is 5.06. The van der Waals surface area contributed by atoms with E-state index in [0.717, 1.165) is 22.5 Å². The van der Waals surface area contributed by atoms with Gasteiger partial charge >= 0.3 is 0 Å². The minimum atomic E-state index is -0.256. The number of hydrogen-bond acceptors (Lipinski definition) is 3. The summed E-state index contributed by atoms with van der Waals surface area (Å²) in [7, 11) is 0. The van der Waals surface area contributed by atoms with Crippen molar-refractivity contribution in [3.8, 4) is 22.4 Å². The molecule has 4 nitrogen and oxygen atoms in total. The van der Waals surface area contributed by atoms with Crippen molar-refractivity contribution in [2.45, 2.75) is 13.8 Å². The molecule has 0 saturated carbocycles. The van der Waals surface area contributed by atoms with Crippen molar-refractivity contribution >= 4 is 11.6 Å². The lowest BCUT2D eigenvalue weighted by atomic mass is 9.97. The third-order valence-electron chi connectivity index (χ3n) is 3.44. The van der Waals surface area contributed by atoms with Gasteiger partial charge in [0.15, 0.2) is 0 Å². The molecule has 3 aromatic rings. The van der Waals surface area contributed by atoms with Gasteiger partial charge in [0.05, 0.1) is 17.0 Å². The molecule has 0 aliphatic heterocycles. The van der Waals surface area contributed by atoms with Crippen LogP contribution in [0.4, 0.5) is 0 Å². The summed E-state index contributed by atoms with van der Waals surface area (Å²) in [5, 5.41) is 7.27. The fourth-order valence-corrected chi connectivity index (χ4v) is 2.56. The van der Waals surface area contributed by atoms with Crippen LogP contribution in [0.3, 0.4) is 0 Å². The van der Waals surface area contributed by atoms with Gasteiger partial charge in [-0.3, -0.25) is 9.78 Å². The number of benzene rings is 1. The summed E-state index contributed by atoms with van der Waals surface area (Å²) in [4.78, 5) is 16.8. The quantitative estimate of drug-likeness (QED) is 0.783. The summed E-state index contributed by atoms with van der Waals surface area (Å²) in [5.74, 6) is 0. The largest absolute Gasteiger partial charge is 0.274 e. The molecule has 5 heteroatoms. The molecule has 0 aliphatic carbocycles. The maximum atomic E-state index is 12.4. The van der Waals surface area contributed by atoms with Gasteiger partial charge in [-0.1, -0.05) is 29.8 Å². The van der Waals surface area contributed by atoms with Gasteiger partial charge in [-0.25, -0.2) is 5.10 Å². The lowest BCUT2D eigenvalue weighted by Gasteiger charge is -2.11. The van der Waals surface area contributed by atoms with E-state index < -0.39 is 0 Å². The molecule has 0 unspecified atom stereocenters. The summed E-state index contributed by atoms with van der Waals surface area (Å²) in [6.45, 7) is 3.76. The minimum absolute atomic E-state index is 0.256. The third kappa shape index (κ3) is 2.65. The molecule has 22 heavy (non-hydrogen) atoms. The van der Waals surface area contributed by atoms with E-state index in [2.05, 4.69) is 15.2 Å². The van der Waals surface area contributed by atoms with Crippen molar-refractivity contribution in [3.63, 3.8) is 0 Å². The van der Waals surface area contributed by atoms with E-state index >= 15 is 0 Å². The first-order valence-corrected chi connectivity index (χ1v) is 7.23. The topological polar surface area (TPSA) is 58.6 Å². The van der Waals surface area contributed by atoms with Gasteiger partial charge in [-0.15, -0.1) is 0 Å². The number of aromatic amines is 1. The number of hydrogen-bond donors (Lipinski definition) is 1. The standard InChI is InChI=1S/C17H14ClN3O/c1-10-4-3-5-14(19-10)16-15(11(2)20-21-17(16)22)12-6-8-13(18)9-7-12/h3-9H,1-2H3,(H,21,22). The van der Waals surface area contributed by atoms with Gasteiger partial charge in [-0.2, -0.15) is 5.10 Å². The van der Waals surface area contributed by atoms with Crippen LogP contribution in [0.25, 0.3) is 22.4 Å². The average molecular weight is 312 g/mol. The number of aromatic nitrogens is 3. The van der Waals surface area contributed by atoms with Crippen LogP contribution in [0.2, 0.25) is 5.02 Å². The zero-order valence-corrected chi connectivity index (χ0v) is 13.0. The zero-order chi connectivity index (χ0) is 15.7. The molecule has 0 fully saturated rings. The minimum Gasteiger partial charge on any atom is -0.267 e. The van der Waals surface area contributed by atoms with Crippen LogP contribution in [0, 0.1) is 13.8 Å². The Kier molecular flexibility index (Phi) is 3.77. The normalized spacial score (nSPS) is 10.7. The molecule has 0 radical (unpaired) electrons. The molecule has 0 amide bonds. The first kappa shape index (κ1) is 14.5. The fraction of sp³-hybridized carbons (Fsp3) is 0.118. The maximum Gasteiger partial charge on any atom is 0.274 e. The van der Waals surface area contributed by atoms with Crippen LogP contribution < -0.4 is 5.56 Å². The molecule has 0 saturated heterocycles. The summed E-state index contributed by atoms with van der Waals surface area (Å²) in [6.07, 6.45) is 0. The van der Waals surface area contributed by atoms with Gasteiger partial charge in [-0.05, 0) is 43.7 Å². The van der Waals surface area contributed by atoms with Crippen LogP contribution in [0.1, 0.15) is 11.4 Å². The lowest BCUT2D eigenvalue weighted by molar-refractivity contribution is 0.949. The van der Waals surface area contributed by atoms with Gasteiger partial charge in [0, 0.05) is 16.3 Å². The van der Waals surface area contributed by atoms with Crippen molar-refractivity contribution < 1.29 is 0 Å². The van der Waals surface area contributed by atoms with E-state index in [0.29, 0.717) is 16.3 Å². The smallest absolute Gasteiger partial charge is 0.267 e. The number of nitrogens with zero attached hydrogens (tertiary/aromatic N) is 2. The van der Waals surface area contributed by atoms with Crippen molar-refractivity contribution in [2.24, 2.45) is 0 Å². The molecule has 0 aliphatic rings. The van der Waals surface area contributed by atoms with Crippen LogP contribution in [-0.2, 0) is 0 Å². The second-order valence-corrected chi connectivity index (χ2v) is 5.50. The number of aryl methyl sites for hydroxylation is 2. The highest BCUT2D eigenvalue weighted by Crippen LogP contribution is 2.30. The molecule has 0 atom stereocenters. The lowest BCUT2D eigenvalue weighted by Crippen LogP contribution is -2.15. The molecule has 2 aromatic heterocycles. The number of nitrogens with one attached hydrogen (secondary N) is 1. The van der Waals surface area contributed by atoms with Gasteiger partial charge in [0.1, 0.15) is 0 Å². The van der Waals surface area contributed by atoms with Gasteiger partial charge in [0.25, 0.3) is 5.56 Å². The Balaban J connectivity index is 2.32. The van der Waals surface area contributed by atoms with Crippen molar-refractivity contribution in [1.82, 2.24) is 15.2 Å². The summed E-state index contributed by atoms with van der Waals surface area (Å²) < 4.78 is 0. The predicted octanol–water partition coefficient (Wildman–Crippen LogP) is 3.77. The Morgan fingerprint density at radius 2 is 1.73 bits per heavy atom. The highest BCUT2D eigenvalue weighted by Gasteiger charge is 2.16. The van der Waals surface area contributed by atoms with Crippen molar-refractivity contribution in [2.75, 3.05) is 0 Å². The van der Waals surface area contributed by atoms with Crippen LogP contribution in [-0.4, -0.2) is 15.2 Å². The molecular weight excluding hydrogens is 298 g/mol. The Labute approximate surface area is 132 Å². The predicted molar refractivity (Wildman–Crippen MR) is 88.0 cm³/mol. The van der Waals surface area contributed by atoms with Crippen molar-refractivity contribution in [3.05, 3.63) is 69.2 Å². The van der Waals surface area contributed by atoms with E-state index in [1.165, 1.54) is 0 Å². The third-order valence-corrected chi connectivity index (χ3v) is 3.69. The first-order chi connectivity index (χ1) is 10.6. The number of H-pyrrole nitrogens is 1. The van der Waals surface area contributed by atoms with E-state index in [9.17, 15) is 4.79 Å². The van der Waals surface area contributed by atoms with Crippen LogP contribution in [0.5, 0.6) is 0 Å². The highest BCUT2D eigenvalue weighted by atomic mass is 35.5. The van der Waals surface area contributed by atoms with Gasteiger partial charge in [0.2, 0.25) is 0 Å². The van der Waals surface area contributed by atoms with E-state index in [1.807, 2.05) is 44.2 Å². The summed E-state index contributed by atoms with van der Waals surface area (Å²) in [6, 6.07) is 13.0. The highest BCUT2D eigenvalue weighted by molar-refractivity contribution is 6.30. The molecule has 2 heterocycles. The fourth-order valence-electron chi connectivity index (χ4n) is 2.44. The Hall–Kier alpha value is -2.46. The Bertz CT molecular complexity index is 885. The van der Waals surface area contributed by atoms with Crippen LogP contribution >= 0.6 is 11.6 Å². The molecule has 3 rings (SSSR count). The number of pyridine rings is 1. The molecule has 110 valence electrons. The van der Waals surface area contributed by atoms with Crippen molar-refractivity contribution in [1.29, 1.82) is 0 Å². The summed E-state index contributed by atoms with van der Waals surface area (Å²) in [5.41, 5.74) is 4.16. The molecular formula is C17H14ClN3O. The van der Waals surface area contributed by atoms with E-state index in [1.54, 1.807) is 12.1 Å². The average Bonchev–Trinajstić information content (AvgIpc) is 2.50. The number of halogens is 1. The maximum absolute atomic E-state index is 12.4. The molecule has 0 bridgehead atoms. The van der Waals surface area contributed by atoms with Gasteiger partial charge < -0.3 is 0 Å². The van der Waals surface area contributed by atoms with Crippen LogP contribution in [0.15, 0.2) is 47.3 Å². The Morgan fingerprint density at radius 3 is 2.41 bits per heavy atom.